The number of piperidine rings is 1. The molecule has 1 aliphatic heterocycles. The van der Waals surface area contributed by atoms with Crippen LogP contribution >= 0.6 is 0 Å². The number of rotatable bonds is 4. The van der Waals surface area contributed by atoms with E-state index in [0.29, 0.717) is 12.1 Å². The molecule has 1 heterocycles. The summed E-state index contributed by atoms with van der Waals surface area (Å²) in [5.41, 5.74) is 1.24. The van der Waals surface area contributed by atoms with Gasteiger partial charge in [-0.15, -0.1) is 0 Å². The second-order valence-electron chi connectivity index (χ2n) is 6.53. The van der Waals surface area contributed by atoms with Gasteiger partial charge in [-0.05, 0) is 44.5 Å². The van der Waals surface area contributed by atoms with Gasteiger partial charge in [0.1, 0.15) is 11.6 Å². The fourth-order valence-electron chi connectivity index (χ4n) is 3.38. The van der Waals surface area contributed by atoms with Crippen LogP contribution in [0.15, 0.2) is 48.5 Å². The lowest BCUT2D eigenvalue weighted by molar-refractivity contribution is -0.121. The monoisotopic (exact) mass is 344 g/mol. The number of likely N-dealkylation sites (tertiary alicyclic amines) is 1. The Hall–Kier alpha value is -2.27. The first-order valence-corrected chi connectivity index (χ1v) is 8.59. The molecule has 0 spiro atoms. The number of benzene rings is 2. The molecule has 1 N–H and O–H groups in total. The Labute approximate surface area is 146 Å². The molecule has 0 aromatic heterocycles. The van der Waals surface area contributed by atoms with Crippen LogP contribution in [0.2, 0.25) is 0 Å². The second kappa shape index (κ2) is 7.74. The fraction of sp³-hybridized carbons (Fsp3) is 0.350. The molecule has 2 aromatic carbocycles. The number of nitrogens with one attached hydrogen (secondary N) is 1. The summed E-state index contributed by atoms with van der Waals surface area (Å²) in [5.74, 6) is -1.27. The molecule has 2 unspecified atom stereocenters. The van der Waals surface area contributed by atoms with Crippen LogP contribution in [0.1, 0.15) is 31.4 Å². The van der Waals surface area contributed by atoms with Crippen LogP contribution in [0.5, 0.6) is 0 Å². The first-order chi connectivity index (χ1) is 12.0. The second-order valence-corrected chi connectivity index (χ2v) is 6.53. The highest BCUT2D eigenvalue weighted by Crippen LogP contribution is 2.29. The quantitative estimate of drug-likeness (QED) is 0.893. The standard InChI is InChI=1S/C20H22F2N2O/c1-14(18-10-9-16(21)12-19(18)22)24-11-5-6-15(13-24)20(25)23-17-7-3-2-4-8-17/h2-4,7-10,12,14-15H,5-6,11,13H2,1H3,(H,23,25). The summed E-state index contributed by atoms with van der Waals surface area (Å²) in [4.78, 5) is 14.6. The van der Waals surface area contributed by atoms with Gasteiger partial charge in [0.2, 0.25) is 5.91 Å². The van der Waals surface area contributed by atoms with E-state index in [1.165, 1.54) is 12.1 Å². The minimum absolute atomic E-state index is 0.0114. The molecule has 0 bridgehead atoms. The van der Waals surface area contributed by atoms with Crippen molar-refractivity contribution in [2.75, 3.05) is 18.4 Å². The third kappa shape index (κ3) is 4.23. The minimum atomic E-state index is -0.577. The van der Waals surface area contributed by atoms with Gasteiger partial charge < -0.3 is 5.32 Å². The van der Waals surface area contributed by atoms with Crippen molar-refractivity contribution in [3.05, 3.63) is 65.7 Å². The molecule has 132 valence electrons. The summed E-state index contributed by atoms with van der Waals surface area (Å²) in [6, 6.07) is 12.8. The third-order valence-corrected chi connectivity index (χ3v) is 4.83. The molecule has 25 heavy (non-hydrogen) atoms. The zero-order valence-corrected chi connectivity index (χ0v) is 14.2. The highest BCUT2D eigenvalue weighted by atomic mass is 19.1. The van der Waals surface area contributed by atoms with E-state index in [1.807, 2.05) is 37.3 Å². The molecule has 0 saturated carbocycles. The number of hydrogen-bond acceptors (Lipinski definition) is 2. The maximum Gasteiger partial charge on any atom is 0.228 e. The topological polar surface area (TPSA) is 32.3 Å². The van der Waals surface area contributed by atoms with Gasteiger partial charge in [-0.25, -0.2) is 8.78 Å². The average molecular weight is 344 g/mol. The van der Waals surface area contributed by atoms with E-state index in [1.54, 1.807) is 0 Å². The maximum atomic E-state index is 14.1. The van der Waals surface area contributed by atoms with Crippen molar-refractivity contribution in [1.82, 2.24) is 4.90 Å². The third-order valence-electron chi connectivity index (χ3n) is 4.83. The summed E-state index contributed by atoms with van der Waals surface area (Å²) in [7, 11) is 0. The average Bonchev–Trinajstić information content (AvgIpc) is 2.62. The Morgan fingerprint density at radius 2 is 1.96 bits per heavy atom. The molecule has 3 rings (SSSR count). The van der Waals surface area contributed by atoms with Gasteiger partial charge in [0.15, 0.2) is 0 Å². The lowest BCUT2D eigenvalue weighted by Crippen LogP contribution is -2.42. The summed E-state index contributed by atoms with van der Waals surface area (Å²) in [6.45, 7) is 3.26. The lowest BCUT2D eigenvalue weighted by Gasteiger charge is -2.36. The molecule has 5 heteroatoms. The van der Waals surface area contributed by atoms with Crippen molar-refractivity contribution in [2.24, 2.45) is 5.92 Å². The number of para-hydroxylation sites is 1. The Morgan fingerprint density at radius 1 is 1.20 bits per heavy atom. The molecular weight excluding hydrogens is 322 g/mol. The summed E-state index contributed by atoms with van der Waals surface area (Å²) in [5, 5.41) is 2.94. The van der Waals surface area contributed by atoms with Crippen molar-refractivity contribution < 1.29 is 13.6 Å². The van der Waals surface area contributed by atoms with Crippen molar-refractivity contribution >= 4 is 11.6 Å². The number of nitrogens with zero attached hydrogens (tertiary/aromatic N) is 1. The van der Waals surface area contributed by atoms with Crippen LogP contribution in [0.3, 0.4) is 0 Å². The summed E-state index contributed by atoms with van der Waals surface area (Å²) in [6.07, 6.45) is 1.69. The molecule has 1 fully saturated rings. The highest BCUT2D eigenvalue weighted by Gasteiger charge is 2.29. The van der Waals surface area contributed by atoms with E-state index in [9.17, 15) is 13.6 Å². The van der Waals surface area contributed by atoms with Crippen LogP contribution in [0.4, 0.5) is 14.5 Å². The number of carbonyl (C=O) groups excluding carboxylic acids is 1. The van der Waals surface area contributed by atoms with E-state index >= 15 is 0 Å². The normalized spacial score (nSPS) is 19.4. The van der Waals surface area contributed by atoms with E-state index < -0.39 is 11.6 Å². The Morgan fingerprint density at radius 3 is 2.68 bits per heavy atom. The van der Waals surface area contributed by atoms with Gasteiger partial charge in [-0.1, -0.05) is 24.3 Å². The number of hydrogen-bond donors (Lipinski definition) is 1. The van der Waals surface area contributed by atoms with E-state index in [0.717, 1.165) is 31.1 Å². The Balaban J connectivity index is 1.67. The number of anilines is 1. The molecule has 0 aliphatic carbocycles. The zero-order valence-electron chi connectivity index (χ0n) is 14.2. The van der Waals surface area contributed by atoms with E-state index in [2.05, 4.69) is 10.2 Å². The molecule has 1 amide bonds. The van der Waals surface area contributed by atoms with Gasteiger partial charge in [0.05, 0.1) is 5.92 Å². The Kier molecular flexibility index (Phi) is 5.43. The first-order valence-electron chi connectivity index (χ1n) is 8.59. The van der Waals surface area contributed by atoms with Gasteiger partial charge in [-0.2, -0.15) is 0 Å². The molecule has 2 aromatic rings. The van der Waals surface area contributed by atoms with Crippen molar-refractivity contribution in [1.29, 1.82) is 0 Å². The van der Waals surface area contributed by atoms with Crippen molar-refractivity contribution in [3.63, 3.8) is 0 Å². The van der Waals surface area contributed by atoms with Gasteiger partial charge in [-0.3, -0.25) is 9.69 Å². The minimum Gasteiger partial charge on any atom is -0.326 e. The van der Waals surface area contributed by atoms with Crippen LogP contribution in [-0.4, -0.2) is 23.9 Å². The van der Waals surface area contributed by atoms with Crippen LogP contribution in [-0.2, 0) is 4.79 Å². The number of carbonyl (C=O) groups is 1. The van der Waals surface area contributed by atoms with Crippen molar-refractivity contribution in [2.45, 2.75) is 25.8 Å². The van der Waals surface area contributed by atoms with Gasteiger partial charge in [0.25, 0.3) is 0 Å². The fourth-order valence-corrected chi connectivity index (χ4v) is 3.38. The smallest absolute Gasteiger partial charge is 0.228 e. The highest BCUT2D eigenvalue weighted by molar-refractivity contribution is 5.92. The molecular formula is C20H22F2N2O. The van der Waals surface area contributed by atoms with E-state index in [-0.39, 0.29) is 17.9 Å². The lowest BCUT2D eigenvalue weighted by atomic mass is 9.94. The predicted molar refractivity (Wildman–Crippen MR) is 94.1 cm³/mol. The van der Waals surface area contributed by atoms with E-state index in [4.69, 9.17) is 0 Å². The Bertz CT molecular complexity index is 736. The maximum absolute atomic E-state index is 14.1. The predicted octanol–water partition coefficient (Wildman–Crippen LogP) is 4.38. The SMILES string of the molecule is CC(c1ccc(F)cc1F)N1CCCC(C(=O)Nc2ccccc2)C1. The molecule has 1 saturated heterocycles. The summed E-state index contributed by atoms with van der Waals surface area (Å²) >= 11 is 0. The number of amides is 1. The van der Waals surface area contributed by atoms with Crippen LogP contribution < -0.4 is 5.32 Å². The summed E-state index contributed by atoms with van der Waals surface area (Å²) < 4.78 is 27.2. The van der Waals surface area contributed by atoms with Crippen LogP contribution in [0.25, 0.3) is 0 Å². The first kappa shape index (κ1) is 17.5. The van der Waals surface area contributed by atoms with Crippen molar-refractivity contribution in [3.8, 4) is 0 Å². The molecule has 0 radical (unpaired) electrons. The molecule has 1 aliphatic rings. The number of halogens is 2. The van der Waals surface area contributed by atoms with Crippen LogP contribution in [0, 0.1) is 17.6 Å². The van der Waals surface area contributed by atoms with Gasteiger partial charge in [0, 0.05) is 29.9 Å². The zero-order chi connectivity index (χ0) is 17.8. The molecule has 3 nitrogen and oxygen atoms in total. The van der Waals surface area contributed by atoms with Gasteiger partial charge >= 0.3 is 0 Å². The largest absolute Gasteiger partial charge is 0.326 e. The molecule has 2 atom stereocenters.